The maximum absolute atomic E-state index is 11.6. The van der Waals surface area contributed by atoms with Crippen molar-refractivity contribution in [3.63, 3.8) is 0 Å². The summed E-state index contributed by atoms with van der Waals surface area (Å²) in [6.07, 6.45) is 7.63. The number of ketones is 1. The van der Waals surface area contributed by atoms with Crippen LogP contribution in [0.4, 0.5) is 0 Å². The van der Waals surface area contributed by atoms with Crippen molar-refractivity contribution in [1.29, 1.82) is 0 Å². The Bertz CT molecular complexity index is 2590. The molecule has 0 atom stereocenters. The van der Waals surface area contributed by atoms with Crippen LogP contribution in [0.2, 0.25) is 0 Å². The molecule has 12 nitrogen and oxygen atoms in total. The van der Waals surface area contributed by atoms with Crippen LogP contribution in [0, 0.1) is 13.8 Å². The first kappa shape index (κ1) is 35.9. The van der Waals surface area contributed by atoms with Gasteiger partial charge in [0.15, 0.2) is 17.4 Å². The van der Waals surface area contributed by atoms with Crippen molar-refractivity contribution in [1.82, 2.24) is 38.7 Å². The summed E-state index contributed by atoms with van der Waals surface area (Å²) >= 11 is 0. The Morgan fingerprint density at radius 2 is 1.00 bits per heavy atom. The molecule has 0 bridgehead atoms. The molecule has 8 aromatic heterocycles. The van der Waals surface area contributed by atoms with Gasteiger partial charge >= 0.3 is 0 Å². The Labute approximate surface area is 305 Å². The lowest BCUT2D eigenvalue weighted by molar-refractivity contribution is 0.101. The van der Waals surface area contributed by atoms with E-state index < -0.39 is 0 Å². The molecule has 8 rings (SSSR count). The van der Waals surface area contributed by atoms with E-state index in [1.807, 2.05) is 138 Å². The molecule has 264 valence electrons. The predicted molar refractivity (Wildman–Crippen MR) is 205 cm³/mol. The molecule has 0 spiro atoms. The maximum Gasteiger partial charge on any atom is 0.178 e. The van der Waals surface area contributed by atoms with Crippen LogP contribution in [0.3, 0.4) is 0 Å². The Hall–Kier alpha value is -6.92. The molecule has 0 amide bonds. The minimum Gasteiger partial charge on any atom is -0.411 e. The highest BCUT2D eigenvalue weighted by atomic mass is 16.4. The third-order valence-corrected chi connectivity index (χ3v) is 8.26. The molecule has 0 saturated carbocycles. The summed E-state index contributed by atoms with van der Waals surface area (Å²) in [5.74, 6) is 1.52. The van der Waals surface area contributed by atoms with Gasteiger partial charge in [0.25, 0.3) is 0 Å². The van der Waals surface area contributed by atoms with Crippen LogP contribution in [0.1, 0.15) is 41.4 Å². The first-order valence-electron chi connectivity index (χ1n) is 16.7. The number of carbonyl (C=O) groups excluding carboxylic acids is 1. The number of oxime groups is 1. The lowest BCUT2D eigenvalue weighted by Gasteiger charge is -2.07. The molecule has 0 fully saturated rings. The van der Waals surface area contributed by atoms with E-state index in [9.17, 15) is 4.79 Å². The van der Waals surface area contributed by atoms with Crippen molar-refractivity contribution in [3.8, 4) is 45.6 Å². The van der Waals surface area contributed by atoms with Crippen molar-refractivity contribution < 1.29 is 15.1 Å². The fourth-order valence-electron chi connectivity index (χ4n) is 5.64. The summed E-state index contributed by atoms with van der Waals surface area (Å²) in [5, 5.41) is 19.2. The van der Waals surface area contributed by atoms with Crippen LogP contribution in [-0.4, -0.2) is 67.6 Å². The summed E-state index contributed by atoms with van der Waals surface area (Å²) in [5.41, 5.74) is 10.5. The number of rotatable bonds is 6. The maximum atomic E-state index is 11.6. The van der Waals surface area contributed by atoms with E-state index in [0.29, 0.717) is 17.1 Å². The van der Waals surface area contributed by atoms with Crippen LogP contribution in [0.5, 0.6) is 0 Å². The van der Waals surface area contributed by atoms with Crippen molar-refractivity contribution >= 4 is 22.5 Å². The van der Waals surface area contributed by atoms with Gasteiger partial charge in [-0.15, -0.1) is 0 Å². The molecule has 0 radical (unpaired) electrons. The van der Waals surface area contributed by atoms with Crippen LogP contribution >= 0.6 is 0 Å². The average Bonchev–Trinajstić information content (AvgIpc) is 3.83. The number of fused-ring (bicyclic) bond motifs is 2. The van der Waals surface area contributed by atoms with Crippen molar-refractivity contribution in [2.45, 2.75) is 27.7 Å². The zero-order valence-electron chi connectivity index (χ0n) is 29.9. The molecular weight excluding hydrogens is 667 g/mol. The van der Waals surface area contributed by atoms with E-state index >= 15 is 0 Å². The summed E-state index contributed by atoms with van der Waals surface area (Å²) < 4.78 is 4.01. The lowest BCUT2D eigenvalue weighted by atomic mass is 10.1. The number of Topliss-reactive ketones (excluding diaryl/α,β-unsaturated/α-hetero) is 1. The smallest absolute Gasteiger partial charge is 0.178 e. The van der Waals surface area contributed by atoms with Gasteiger partial charge in [0, 0.05) is 48.9 Å². The third-order valence-electron chi connectivity index (χ3n) is 8.26. The largest absolute Gasteiger partial charge is 0.411 e. The van der Waals surface area contributed by atoms with Gasteiger partial charge in [-0.25, -0.2) is 29.9 Å². The average molecular weight is 704 g/mol. The molecule has 8 heterocycles. The molecule has 8 aromatic rings. The number of aromatic nitrogens is 8. The number of nitrogens with zero attached hydrogens (tertiary/aromatic N) is 9. The number of aliphatic hydroxyl groups is 1. The molecule has 0 aliphatic heterocycles. The molecule has 2 N–H and O–H groups in total. The van der Waals surface area contributed by atoms with Gasteiger partial charge in [-0.1, -0.05) is 29.4 Å². The highest BCUT2D eigenvalue weighted by Crippen LogP contribution is 2.25. The van der Waals surface area contributed by atoms with E-state index in [1.54, 1.807) is 13.0 Å². The SMILES string of the molecule is C/C(=N\O)c1cccc(-c2ccc3cnc(-c4cccc(C)n4)n3c2)n1.CC(=O)c1cccc(-c2ccc3cnc(-c4cccc(C)n4)n3c2)n1.CO. The number of hydrogen-bond donors (Lipinski definition) is 2. The Kier molecular flexibility index (Phi) is 10.8. The number of imidazole rings is 2. The molecular formula is C41H37N9O3. The standard InChI is InChI=1S/C20H17N5O.C20H16N4O.CH4O/c1-13-5-3-8-19(22-13)20-21-11-16-10-9-15(12-25(16)20)18-7-4-6-17(23-18)14(2)24-26;1-13-5-3-8-19(22-13)20-21-11-16-10-9-15(12-24(16)20)18-7-4-6-17(23-18)14(2)25;1-2/h3-12,26H,1-2H3;3-12H,1-2H3;2H,1H3/b24-14+;;. The van der Waals surface area contributed by atoms with Gasteiger partial charge in [-0.05, 0) is 93.6 Å². The first-order chi connectivity index (χ1) is 25.8. The Balaban J connectivity index is 0.000000173. The summed E-state index contributed by atoms with van der Waals surface area (Å²) in [6, 6.07) is 30.9. The van der Waals surface area contributed by atoms with Gasteiger partial charge in [0.1, 0.15) is 22.8 Å². The second-order valence-electron chi connectivity index (χ2n) is 12.0. The summed E-state index contributed by atoms with van der Waals surface area (Å²) in [7, 11) is 1.00. The lowest BCUT2D eigenvalue weighted by Crippen LogP contribution is -2.00. The minimum atomic E-state index is -0.0461. The predicted octanol–water partition coefficient (Wildman–Crippen LogP) is 7.54. The monoisotopic (exact) mass is 703 g/mol. The van der Waals surface area contributed by atoms with E-state index in [2.05, 4.69) is 35.1 Å². The zero-order chi connectivity index (χ0) is 37.5. The number of aliphatic hydroxyl groups excluding tert-OH is 1. The number of carbonyl (C=O) groups is 1. The van der Waals surface area contributed by atoms with Gasteiger partial charge < -0.3 is 10.3 Å². The van der Waals surface area contributed by atoms with Gasteiger partial charge in [-0.2, -0.15) is 0 Å². The molecule has 12 heteroatoms. The quantitative estimate of drug-likeness (QED) is 0.0773. The molecule has 0 saturated heterocycles. The second-order valence-corrected chi connectivity index (χ2v) is 12.0. The van der Waals surface area contributed by atoms with E-state index in [-0.39, 0.29) is 5.78 Å². The molecule has 0 unspecified atom stereocenters. The highest BCUT2D eigenvalue weighted by Gasteiger charge is 2.12. The van der Waals surface area contributed by atoms with E-state index in [1.165, 1.54) is 6.92 Å². The normalized spacial score (nSPS) is 11.1. The summed E-state index contributed by atoms with van der Waals surface area (Å²) in [6.45, 7) is 7.16. The third kappa shape index (κ3) is 7.87. The highest BCUT2D eigenvalue weighted by molar-refractivity contribution is 5.97. The van der Waals surface area contributed by atoms with Gasteiger partial charge in [0.2, 0.25) is 0 Å². The van der Waals surface area contributed by atoms with Crippen LogP contribution < -0.4 is 0 Å². The van der Waals surface area contributed by atoms with Gasteiger partial charge in [-0.3, -0.25) is 13.6 Å². The van der Waals surface area contributed by atoms with E-state index in [0.717, 1.165) is 75.1 Å². The Morgan fingerprint density at radius 3 is 1.45 bits per heavy atom. The van der Waals surface area contributed by atoms with Gasteiger partial charge in [0.05, 0.1) is 40.5 Å². The van der Waals surface area contributed by atoms with Crippen molar-refractivity contribution in [3.05, 3.63) is 145 Å². The van der Waals surface area contributed by atoms with Crippen molar-refractivity contribution in [2.75, 3.05) is 7.11 Å². The molecule has 53 heavy (non-hydrogen) atoms. The number of pyridine rings is 6. The zero-order valence-corrected chi connectivity index (χ0v) is 29.9. The van der Waals surface area contributed by atoms with Crippen molar-refractivity contribution in [2.24, 2.45) is 5.16 Å². The van der Waals surface area contributed by atoms with E-state index in [4.69, 9.17) is 10.3 Å². The molecule has 0 aliphatic carbocycles. The second kappa shape index (κ2) is 16.0. The number of aryl methyl sites for hydroxylation is 2. The van der Waals surface area contributed by atoms with Crippen LogP contribution in [-0.2, 0) is 0 Å². The minimum absolute atomic E-state index is 0.0461. The summed E-state index contributed by atoms with van der Waals surface area (Å²) in [4.78, 5) is 38.8. The number of hydrogen-bond acceptors (Lipinski definition) is 10. The molecule has 0 aliphatic rings. The molecule has 0 aromatic carbocycles. The van der Waals surface area contributed by atoms with Crippen LogP contribution in [0.15, 0.2) is 127 Å². The Morgan fingerprint density at radius 1 is 0.566 bits per heavy atom. The first-order valence-corrected chi connectivity index (χ1v) is 16.7. The topological polar surface area (TPSA) is 156 Å². The fourth-order valence-corrected chi connectivity index (χ4v) is 5.64. The van der Waals surface area contributed by atoms with Crippen LogP contribution in [0.25, 0.3) is 56.6 Å². The fraction of sp³-hybridized carbons (Fsp3) is 0.122.